The van der Waals surface area contributed by atoms with Crippen LogP contribution in [0.25, 0.3) is 0 Å². The third kappa shape index (κ3) is 1.48. The summed E-state index contributed by atoms with van der Waals surface area (Å²) >= 11 is 4.10. The maximum atomic E-state index is 14.3. The SMILES string of the molecule is CC1C2CC34CCC5C6CCC7(OCCO7)C6(C)CC(=O)C56[C@@H](Br)C36C1OC(O2)O4. The highest BCUT2D eigenvalue weighted by molar-refractivity contribution is 9.09. The van der Waals surface area contributed by atoms with Gasteiger partial charge in [0, 0.05) is 35.4 Å². The number of hydrogen-bond donors (Lipinski definition) is 0. The van der Waals surface area contributed by atoms with E-state index in [1.165, 1.54) is 0 Å². The Bertz CT molecular complexity index is 874. The van der Waals surface area contributed by atoms with Crippen LogP contribution in [0.5, 0.6) is 0 Å². The summed E-state index contributed by atoms with van der Waals surface area (Å²) in [5.41, 5.74) is -1.17. The summed E-state index contributed by atoms with van der Waals surface area (Å²) in [4.78, 5) is 14.4. The van der Waals surface area contributed by atoms with Crippen molar-refractivity contribution in [3.8, 4) is 0 Å². The summed E-state index contributed by atoms with van der Waals surface area (Å²) in [7, 11) is 0. The molecule has 5 aliphatic carbocycles. The smallest absolute Gasteiger partial charge is 0.272 e. The van der Waals surface area contributed by atoms with E-state index in [1.807, 2.05) is 0 Å². The van der Waals surface area contributed by atoms with Crippen LogP contribution in [0.1, 0.15) is 52.4 Å². The monoisotopic (exact) mass is 480 g/mol. The Kier molecular flexibility index (Phi) is 3.09. The van der Waals surface area contributed by atoms with Crippen molar-refractivity contribution in [1.29, 1.82) is 0 Å². The molecule has 4 heterocycles. The van der Waals surface area contributed by atoms with Crippen molar-refractivity contribution in [3.63, 3.8) is 0 Å². The number of alkyl halides is 1. The van der Waals surface area contributed by atoms with Gasteiger partial charge in [-0.25, -0.2) is 0 Å². The van der Waals surface area contributed by atoms with Crippen LogP contribution in [0, 0.1) is 34.0 Å². The molecule has 0 N–H and O–H groups in total. The molecule has 9 rings (SSSR count). The first-order valence-electron chi connectivity index (χ1n) is 11.8. The van der Waals surface area contributed by atoms with Gasteiger partial charge in [-0.1, -0.05) is 29.8 Å². The van der Waals surface area contributed by atoms with Gasteiger partial charge in [-0.05, 0) is 31.1 Å². The number of fused-ring (bicyclic) bond motifs is 3. The van der Waals surface area contributed by atoms with Crippen molar-refractivity contribution < 1.29 is 28.5 Å². The Balaban J connectivity index is 1.29. The molecule has 4 bridgehead atoms. The minimum absolute atomic E-state index is 0.0265. The van der Waals surface area contributed by atoms with Gasteiger partial charge < -0.3 is 23.7 Å². The maximum Gasteiger partial charge on any atom is 0.272 e. The van der Waals surface area contributed by atoms with E-state index >= 15 is 0 Å². The van der Waals surface area contributed by atoms with E-state index in [0.717, 1.165) is 32.1 Å². The Morgan fingerprint density at radius 1 is 1.07 bits per heavy atom. The van der Waals surface area contributed by atoms with Crippen LogP contribution in [0.3, 0.4) is 0 Å². The summed E-state index contributed by atoms with van der Waals surface area (Å²) in [6.45, 7) is 5.25. The molecule has 0 aromatic carbocycles. The van der Waals surface area contributed by atoms with Gasteiger partial charge in [0.1, 0.15) is 5.78 Å². The molecule has 0 aromatic heterocycles. The Morgan fingerprint density at radius 3 is 2.63 bits per heavy atom. The van der Waals surface area contributed by atoms with Crippen LogP contribution in [0.4, 0.5) is 0 Å². The molecule has 30 heavy (non-hydrogen) atoms. The Hall–Kier alpha value is -0.0500. The number of ketones is 1. The lowest BCUT2D eigenvalue weighted by Crippen LogP contribution is -2.75. The van der Waals surface area contributed by atoms with E-state index in [9.17, 15) is 4.79 Å². The van der Waals surface area contributed by atoms with E-state index in [1.54, 1.807) is 0 Å². The topological polar surface area (TPSA) is 63.2 Å². The summed E-state index contributed by atoms with van der Waals surface area (Å²) in [6.07, 6.45) is 5.66. The van der Waals surface area contributed by atoms with Crippen LogP contribution >= 0.6 is 15.9 Å². The average molecular weight is 481 g/mol. The second-order valence-corrected chi connectivity index (χ2v) is 12.5. The normalized spacial score (nSPS) is 66.0. The van der Waals surface area contributed by atoms with Gasteiger partial charge in [0.15, 0.2) is 5.79 Å². The zero-order valence-electron chi connectivity index (χ0n) is 17.5. The molecule has 0 radical (unpaired) electrons. The Morgan fingerprint density at radius 2 is 1.83 bits per heavy atom. The molecule has 5 saturated carbocycles. The van der Waals surface area contributed by atoms with Gasteiger partial charge in [0.05, 0.1) is 41.9 Å². The van der Waals surface area contributed by atoms with Crippen LogP contribution < -0.4 is 0 Å². The predicted molar refractivity (Wildman–Crippen MR) is 107 cm³/mol. The highest BCUT2D eigenvalue weighted by atomic mass is 79.9. The largest absolute Gasteiger partial charge is 0.347 e. The first-order chi connectivity index (χ1) is 14.4. The van der Waals surface area contributed by atoms with Crippen molar-refractivity contribution in [3.05, 3.63) is 0 Å². The van der Waals surface area contributed by atoms with Crippen LogP contribution in [0.15, 0.2) is 0 Å². The summed E-state index contributed by atoms with van der Waals surface area (Å²) in [6, 6.07) is 0. The number of ether oxygens (including phenoxy) is 5. The molecule has 6 nitrogen and oxygen atoms in total. The number of Topliss-reactive ketones (excluding diaryl/α,β-unsaturated/α-hetero) is 1. The molecule has 0 aromatic rings. The molecule has 0 amide bonds. The third-order valence-corrected chi connectivity index (χ3v) is 12.7. The molecule has 164 valence electrons. The van der Waals surface area contributed by atoms with Gasteiger partial charge in [-0.2, -0.15) is 0 Å². The summed E-state index contributed by atoms with van der Waals surface area (Å²) in [5, 5.41) is 0. The molecular weight excluding hydrogens is 452 g/mol. The first-order valence-corrected chi connectivity index (χ1v) is 12.7. The molecule has 4 spiro atoms. The highest BCUT2D eigenvalue weighted by Gasteiger charge is 2.97. The molecular formula is C23H29BrO6. The van der Waals surface area contributed by atoms with Gasteiger partial charge in [0.2, 0.25) is 0 Å². The highest BCUT2D eigenvalue weighted by Crippen LogP contribution is 2.89. The zero-order valence-corrected chi connectivity index (χ0v) is 19.1. The second kappa shape index (κ2) is 5.05. The number of hydrogen-bond acceptors (Lipinski definition) is 6. The molecule has 4 saturated heterocycles. The van der Waals surface area contributed by atoms with Crippen LogP contribution in [-0.4, -0.2) is 53.9 Å². The van der Waals surface area contributed by atoms with Gasteiger partial charge in [0.25, 0.3) is 6.48 Å². The van der Waals surface area contributed by atoms with Gasteiger partial charge >= 0.3 is 0 Å². The lowest BCUT2D eigenvalue weighted by molar-refractivity contribution is -0.493. The van der Waals surface area contributed by atoms with Crippen molar-refractivity contribution in [1.82, 2.24) is 0 Å². The van der Waals surface area contributed by atoms with E-state index in [2.05, 4.69) is 29.8 Å². The number of carbonyl (C=O) groups excluding carboxylic acids is 1. The van der Waals surface area contributed by atoms with Crippen molar-refractivity contribution >= 4 is 21.7 Å². The molecule has 9 aliphatic rings. The molecule has 7 heteroatoms. The molecule has 9 fully saturated rings. The van der Waals surface area contributed by atoms with Crippen molar-refractivity contribution in [2.24, 2.45) is 34.0 Å². The molecule has 4 aliphatic heterocycles. The standard InChI is InChI=1S/C23H29BrO6/c1-11-14-9-20-5-3-13-12-4-6-21(26-7-8-27-21)19(12,2)10-15(25)22(13)17(24)23(20,22)16(11)29-18(28-14)30-20/h11-14,16-18H,3-10H2,1-2H3/t11?,12?,13?,14?,16?,17-,18?,19?,20?,22?,23?/m1/s1. The molecule has 11 atom stereocenters. The van der Waals surface area contributed by atoms with E-state index in [0.29, 0.717) is 37.3 Å². The maximum absolute atomic E-state index is 14.3. The number of halogens is 1. The average Bonchev–Trinajstić information content (AvgIpc) is 3.01. The lowest BCUT2D eigenvalue weighted by Gasteiger charge is -2.67. The van der Waals surface area contributed by atoms with Crippen molar-refractivity contribution in [2.45, 2.75) is 87.3 Å². The molecule has 10 unspecified atom stereocenters. The van der Waals surface area contributed by atoms with Crippen LogP contribution in [0.2, 0.25) is 0 Å². The third-order valence-electron chi connectivity index (χ3n) is 11.2. The quantitative estimate of drug-likeness (QED) is 0.496. The van der Waals surface area contributed by atoms with E-state index < -0.39 is 12.3 Å². The van der Waals surface area contributed by atoms with Crippen molar-refractivity contribution in [2.75, 3.05) is 13.2 Å². The predicted octanol–water partition coefficient (Wildman–Crippen LogP) is 3.15. The Labute approximate surface area is 184 Å². The van der Waals surface area contributed by atoms with E-state index in [4.69, 9.17) is 23.7 Å². The number of rotatable bonds is 0. The second-order valence-electron chi connectivity index (χ2n) is 11.6. The lowest BCUT2D eigenvalue weighted by atomic mass is 9.46. The summed E-state index contributed by atoms with van der Waals surface area (Å²) < 4.78 is 31.4. The number of carbonyl (C=O) groups is 1. The minimum atomic E-state index is -0.563. The van der Waals surface area contributed by atoms with E-state index in [-0.39, 0.29) is 44.8 Å². The summed E-state index contributed by atoms with van der Waals surface area (Å²) in [5.74, 6) is 0.888. The van der Waals surface area contributed by atoms with Gasteiger partial charge in [-0.15, -0.1) is 0 Å². The first kappa shape index (κ1) is 18.4. The van der Waals surface area contributed by atoms with Gasteiger partial charge in [-0.3, -0.25) is 4.79 Å². The fraction of sp³-hybridized carbons (Fsp3) is 0.957. The fourth-order valence-electron chi connectivity index (χ4n) is 10.2. The minimum Gasteiger partial charge on any atom is -0.347 e. The zero-order chi connectivity index (χ0) is 20.3. The van der Waals surface area contributed by atoms with Crippen LogP contribution in [-0.2, 0) is 28.5 Å². The fourth-order valence-corrected chi connectivity index (χ4v) is 12.1.